The van der Waals surface area contributed by atoms with Crippen molar-refractivity contribution in [2.24, 2.45) is 0 Å². The molecule has 4 nitrogen and oxygen atoms in total. The first kappa shape index (κ1) is 13.5. The molecule has 0 spiro atoms. The number of rotatable bonds is 2. The molecule has 1 N–H and O–H groups in total. The summed E-state index contributed by atoms with van der Waals surface area (Å²) in [4.78, 5) is 6.92. The summed E-state index contributed by atoms with van der Waals surface area (Å²) in [6, 6.07) is 5.97. The normalized spacial score (nSPS) is 15.7. The van der Waals surface area contributed by atoms with Crippen LogP contribution >= 0.6 is 11.6 Å². The Balaban J connectivity index is 2.19. The minimum atomic E-state index is 0.754. The van der Waals surface area contributed by atoms with Gasteiger partial charge in [-0.05, 0) is 19.1 Å². The monoisotopic (exact) mass is 291 g/mol. The van der Waals surface area contributed by atoms with Gasteiger partial charge in [0.2, 0.25) is 0 Å². The van der Waals surface area contributed by atoms with Gasteiger partial charge in [0.15, 0.2) is 0 Å². The zero-order valence-electron chi connectivity index (χ0n) is 11.7. The first-order chi connectivity index (χ1) is 9.70. The van der Waals surface area contributed by atoms with Crippen molar-refractivity contribution in [1.82, 2.24) is 10.3 Å². The van der Waals surface area contributed by atoms with Gasteiger partial charge in [-0.3, -0.25) is 4.98 Å². The SMILES string of the molecule is COc1ccc2c(N3CCNCC3)c(Cl)c(C)nc2c1. The van der Waals surface area contributed by atoms with E-state index in [0.717, 1.165) is 59.2 Å². The van der Waals surface area contributed by atoms with Crippen molar-refractivity contribution in [2.75, 3.05) is 38.2 Å². The molecule has 2 aromatic rings. The fourth-order valence-corrected chi connectivity index (χ4v) is 2.91. The molecule has 106 valence electrons. The summed E-state index contributed by atoms with van der Waals surface area (Å²) in [7, 11) is 1.67. The van der Waals surface area contributed by atoms with Crippen LogP contribution < -0.4 is 15.0 Å². The van der Waals surface area contributed by atoms with Gasteiger partial charge in [0.1, 0.15) is 5.75 Å². The van der Waals surface area contributed by atoms with Crippen LogP contribution in [0.4, 0.5) is 5.69 Å². The molecule has 0 radical (unpaired) electrons. The summed E-state index contributed by atoms with van der Waals surface area (Å²) in [6.45, 7) is 5.84. The fraction of sp³-hybridized carbons (Fsp3) is 0.400. The van der Waals surface area contributed by atoms with Crippen LogP contribution in [0.5, 0.6) is 5.75 Å². The third-order valence-corrected chi connectivity index (χ3v) is 4.16. The van der Waals surface area contributed by atoms with Crippen LogP contribution in [0.2, 0.25) is 5.02 Å². The molecule has 20 heavy (non-hydrogen) atoms. The molecule has 2 heterocycles. The van der Waals surface area contributed by atoms with E-state index >= 15 is 0 Å². The Morgan fingerprint density at radius 2 is 2.05 bits per heavy atom. The molecule has 1 aliphatic rings. The van der Waals surface area contributed by atoms with Crippen LogP contribution in [0.15, 0.2) is 18.2 Å². The van der Waals surface area contributed by atoms with E-state index in [1.807, 2.05) is 25.1 Å². The van der Waals surface area contributed by atoms with Gasteiger partial charge in [-0.15, -0.1) is 0 Å². The number of hydrogen-bond donors (Lipinski definition) is 1. The lowest BCUT2D eigenvalue weighted by Gasteiger charge is -2.31. The van der Waals surface area contributed by atoms with E-state index in [4.69, 9.17) is 16.3 Å². The van der Waals surface area contributed by atoms with Gasteiger partial charge < -0.3 is 15.0 Å². The molecule has 0 unspecified atom stereocenters. The Bertz CT molecular complexity index is 639. The summed E-state index contributed by atoms with van der Waals surface area (Å²) in [5.41, 5.74) is 2.89. The molecule has 0 bridgehead atoms. The van der Waals surface area contributed by atoms with Crippen LogP contribution in [0.1, 0.15) is 5.69 Å². The average molecular weight is 292 g/mol. The molecule has 3 rings (SSSR count). The van der Waals surface area contributed by atoms with Gasteiger partial charge in [-0.25, -0.2) is 0 Å². The summed E-state index contributed by atoms with van der Waals surface area (Å²) >= 11 is 6.52. The number of anilines is 1. The van der Waals surface area contributed by atoms with Gasteiger partial charge in [0.05, 0.1) is 29.0 Å². The molecule has 0 aliphatic carbocycles. The van der Waals surface area contributed by atoms with Crippen LogP contribution in [-0.2, 0) is 0 Å². The maximum absolute atomic E-state index is 6.52. The second-order valence-corrected chi connectivity index (χ2v) is 5.36. The molecule has 0 amide bonds. The second-order valence-electron chi connectivity index (χ2n) is 4.98. The quantitative estimate of drug-likeness (QED) is 0.923. The second kappa shape index (κ2) is 5.46. The highest BCUT2D eigenvalue weighted by Crippen LogP contribution is 2.36. The van der Waals surface area contributed by atoms with Gasteiger partial charge >= 0.3 is 0 Å². The number of benzene rings is 1. The van der Waals surface area contributed by atoms with Gasteiger partial charge in [-0.2, -0.15) is 0 Å². The number of fused-ring (bicyclic) bond motifs is 1. The number of pyridine rings is 1. The molecule has 1 aliphatic heterocycles. The number of halogens is 1. The Kier molecular flexibility index (Phi) is 3.68. The smallest absolute Gasteiger partial charge is 0.121 e. The first-order valence-corrected chi connectivity index (χ1v) is 7.18. The van der Waals surface area contributed by atoms with Crippen molar-refractivity contribution >= 4 is 28.2 Å². The van der Waals surface area contributed by atoms with Gasteiger partial charge in [-0.1, -0.05) is 11.6 Å². The van der Waals surface area contributed by atoms with Crippen molar-refractivity contribution in [3.63, 3.8) is 0 Å². The molecule has 1 aromatic carbocycles. The van der Waals surface area contributed by atoms with Gasteiger partial charge in [0, 0.05) is 37.6 Å². The largest absolute Gasteiger partial charge is 0.497 e. The highest BCUT2D eigenvalue weighted by atomic mass is 35.5. The summed E-state index contributed by atoms with van der Waals surface area (Å²) in [5, 5.41) is 5.21. The molecule has 5 heteroatoms. The van der Waals surface area contributed by atoms with Crippen LogP contribution in [0.25, 0.3) is 10.9 Å². The van der Waals surface area contributed by atoms with E-state index in [1.54, 1.807) is 7.11 Å². The minimum absolute atomic E-state index is 0.754. The minimum Gasteiger partial charge on any atom is -0.497 e. The number of nitrogens with zero attached hydrogens (tertiary/aromatic N) is 2. The Hall–Kier alpha value is -1.52. The van der Waals surface area contributed by atoms with Crippen molar-refractivity contribution < 1.29 is 4.74 Å². The van der Waals surface area contributed by atoms with E-state index < -0.39 is 0 Å². The maximum atomic E-state index is 6.52. The Labute approximate surface area is 123 Å². The topological polar surface area (TPSA) is 37.4 Å². The standard InChI is InChI=1S/C15H18ClN3O/c1-10-14(16)15(19-7-5-17-6-8-19)12-4-3-11(20-2)9-13(12)18-10/h3-4,9,17H,5-8H2,1-2H3. The zero-order chi connectivity index (χ0) is 14.1. The summed E-state index contributed by atoms with van der Waals surface area (Å²) in [5.74, 6) is 0.818. The first-order valence-electron chi connectivity index (χ1n) is 6.80. The lowest BCUT2D eigenvalue weighted by molar-refractivity contribution is 0.415. The molecular weight excluding hydrogens is 274 g/mol. The third kappa shape index (κ3) is 2.30. The summed E-state index contributed by atoms with van der Waals surface area (Å²) < 4.78 is 5.28. The van der Waals surface area contributed by atoms with Crippen LogP contribution in [-0.4, -0.2) is 38.3 Å². The Morgan fingerprint density at radius 3 is 2.75 bits per heavy atom. The molecule has 1 fully saturated rings. The van der Waals surface area contributed by atoms with Crippen molar-refractivity contribution in [3.05, 3.63) is 28.9 Å². The maximum Gasteiger partial charge on any atom is 0.121 e. The highest BCUT2D eigenvalue weighted by molar-refractivity contribution is 6.35. The fourth-order valence-electron chi connectivity index (χ4n) is 2.65. The van der Waals surface area contributed by atoms with Gasteiger partial charge in [0.25, 0.3) is 0 Å². The molecular formula is C15H18ClN3O. The lowest BCUT2D eigenvalue weighted by atomic mass is 10.1. The van der Waals surface area contributed by atoms with E-state index in [9.17, 15) is 0 Å². The number of methoxy groups -OCH3 is 1. The van der Waals surface area contributed by atoms with E-state index in [2.05, 4.69) is 15.2 Å². The van der Waals surface area contributed by atoms with E-state index in [0.29, 0.717) is 0 Å². The zero-order valence-corrected chi connectivity index (χ0v) is 12.5. The van der Waals surface area contributed by atoms with E-state index in [1.165, 1.54) is 0 Å². The number of hydrogen-bond acceptors (Lipinski definition) is 4. The summed E-state index contributed by atoms with van der Waals surface area (Å²) in [6.07, 6.45) is 0. The molecule has 1 saturated heterocycles. The third-order valence-electron chi connectivity index (χ3n) is 3.71. The Morgan fingerprint density at radius 1 is 1.30 bits per heavy atom. The molecule has 1 aromatic heterocycles. The number of nitrogens with one attached hydrogen (secondary N) is 1. The predicted molar refractivity (Wildman–Crippen MR) is 83.1 cm³/mol. The molecule has 0 saturated carbocycles. The number of piperazine rings is 1. The van der Waals surface area contributed by atoms with Crippen molar-refractivity contribution in [2.45, 2.75) is 6.92 Å². The predicted octanol–water partition coefficient (Wildman–Crippen LogP) is 2.61. The van der Waals surface area contributed by atoms with Crippen LogP contribution in [0, 0.1) is 6.92 Å². The van der Waals surface area contributed by atoms with E-state index in [-0.39, 0.29) is 0 Å². The number of aromatic nitrogens is 1. The number of aryl methyl sites for hydroxylation is 1. The van der Waals surface area contributed by atoms with Crippen molar-refractivity contribution in [1.29, 1.82) is 0 Å². The van der Waals surface area contributed by atoms with Crippen molar-refractivity contribution in [3.8, 4) is 5.75 Å². The lowest BCUT2D eigenvalue weighted by Crippen LogP contribution is -2.43. The highest BCUT2D eigenvalue weighted by Gasteiger charge is 2.19. The molecule has 0 atom stereocenters. The number of ether oxygens (including phenoxy) is 1. The van der Waals surface area contributed by atoms with Crippen LogP contribution in [0.3, 0.4) is 0 Å². The average Bonchev–Trinajstić information content (AvgIpc) is 2.49.